The molecule has 1 saturated carbocycles. The van der Waals surface area contributed by atoms with Gasteiger partial charge in [-0.05, 0) is 68.6 Å². The smallest absolute Gasteiger partial charge is 0.129 e. The lowest BCUT2D eigenvalue weighted by Crippen LogP contribution is -2.51. The lowest BCUT2D eigenvalue weighted by Gasteiger charge is -2.43. The zero-order valence-corrected chi connectivity index (χ0v) is 18.6. The number of nitrogens with two attached hydrogens (primary N) is 1. The molecule has 0 radical (unpaired) electrons. The molecule has 1 aliphatic heterocycles. The van der Waals surface area contributed by atoms with Crippen molar-refractivity contribution in [3.63, 3.8) is 0 Å². The van der Waals surface area contributed by atoms with Crippen LogP contribution in [0.25, 0.3) is 0 Å². The van der Waals surface area contributed by atoms with E-state index >= 15 is 0 Å². The largest absolute Gasteiger partial charge is 0.462 e. The van der Waals surface area contributed by atoms with Crippen LogP contribution in [-0.2, 0) is 4.74 Å². The highest BCUT2D eigenvalue weighted by atomic mass is 16.5. The number of aliphatic hydroxyl groups is 1. The summed E-state index contributed by atoms with van der Waals surface area (Å²) in [4.78, 5) is 0. The Morgan fingerprint density at radius 1 is 1.29 bits per heavy atom. The van der Waals surface area contributed by atoms with Gasteiger partial charge in [-0.2, -0.15) is 0 Å². The standard InChI is InChI=1S/C26H37N3O2/c1-3-22(18-9-11-21(12-10-18)31-20-7-5-4-6-8-20)24(25(27)30)26-28-14-13-23(29-26)19-15-17(2)16-19/h3,5,7-9,11,17,19,22-23,25,28-30H,1,4,6,10,12-16,27H2,2H3/b26-24+. The fourth-order valence-corrected chi connectivity index (χ4v) is 5.25. The molecule has 3 atom stereocenters. The summed E-state index contributed by atoms with van der Waals surface area (Å²) in [5.74, 6) is 4.22. The molecule has 0 aromatic carbocycles. The zero-order chi connectivity index (χ0) is 21.8. The predicted octanol–water partition coefficient (Wildman–Crippen LogP) is 4.13. The molecule has 1 saturated heterocycles. The van der Waals surface area contributed by atoms with Crippen LogP contribution in [0.4, 0.5) is 0 Å². The van der Waals surface area contributed by atoms with Gasteiger partial charge in [0.2, 0.25) is 0 Å². The van der Waals surface area contributed by atoms with Gasteiger partial charge in [0.1, 0.15) is 23.6 Å². The van der Waals surface area contributed by atoms with Crippen LogP contribution in [0, 0.1) is 17.8 Å². The van der Waals surface area contributed by atoms with Crippen molar-refractivity contribution in [1.82, 2.24) is 10.6 Å². The van der Waals surface area contributed by atoms with Crippen molar-refractivity contribution in [3.05, 3.63) is 71.5 Å². The summed E-state index contributed by atoms with van der Waals surface area (Å²) < 4.78 is 6.04. The molecular formula is C26H37N3O2. The number of ether oxygens (including phenoxy) is 1. The Labute approximate surface area is 186 Å². The van der Waals surface area contributed by atoms with Gasteiger partial charge in [-0.1, -0.05) is 30.7 Å². The van der Waals surface area contributed by atoms with E-state index in [-0.39, 0.29) is 5.92 Å². The first kappa shape index (κ1) is 22.0. The van der Waals surface area contributed by atoms with Crippen LogP contribution in [-0.4, -0.2) is 23.9 Å². The highest BCUT2D eigenvalue weighted by Gasteiger charge is 2.35. The molecule has 2 fully saturated rings. The maximum absolute atomic E-state index is 10.5. The molecular weight excluding hydrogens is 386 g/mol. The summed E-state index contributed by atoms with van der Waals surface area (Å²) in [7, 11) is 0. The Balaban J connectivity index is 1.51. The fourth-order valence-electron chi connectivity index (χ4n) is 5.25. The molecule has 1 heterocycles. The molecule has 4 aliphatic rings. The van der Waals surface area contributed by atoms with Gasteiger partial charge in [0.05, 0.1) is 0 Å². The number of hydrogen-bond donors (Lipinski definition) is 4. The van der Waals surface area contributed by atoms with Gasteiger partial charge in [0.25, 0.3) is 0 Å². The molecule has 31 heavy (non-hydrogen) atoms. The minimum Gasteiger partial charge on any atom is -0.462 e. The molecule has 5 N–H and O–H groups in total. The van der Waals surface area contributed by atoms with Crippen LogP contribution in [0.1, 0.15) is 51.9 Å². The van der Waals surface area contributed by atoms with Gasteiger partial charge in [-0.15, -0.1) is 6.58 Å². The van der Waals surface area contributed by atoms with E-state index in [4.69, 9.17) is 10.5 Å². The highest BCUT2D eigenvalue weighted by molar-refractivity contribution is 5.36. The SMILES string of the molecule is C=CC(C1=CC=C(OC2=CCCC=C2)CC1)/C(=C1/NCCC(C2CC(C)C2)N1)C(N)O. The van der Waals surface area contributed by atoms with E-state index in [1.807, 2.05) is 18.2 Å². The van der Waals surface area contributed by atoms with Crippen molar-refractivity contribution in [3.8, 4) is 0 Å². The van der Waals surface area contributed by atoms with E-state index in [1.54, 1.807) is 0 Å². The molecule has 0 amide bonds. The third-order valence-electron chi connectivity index (χ3n) is 7.00. The van der Waals surface area contributed by atoms with E-state index in [0.29, 0.717) is 12.0 Å². The predicted molar refractivity (Wildman–Crippen MR) is 125 cm³/mol. The van der Waals surface area contributed by atoms with Gasteiger partial charge in [0, 0.05) is 30.5 Å². The van der Waals surface area contributed by atoms with Crippen LogP contribution >= 0.6 is 0 Å². The lowest BCUT2D eigenvalue weighted by atomic mass is 9.71. The maximum atomic E-state index is 10.5. The van der Waals surface area contributed by atoms with Crippen molar-refractivity contribution >= 4 is 0 Å². The number of aliphatic hydroxyl groups excluding tert-OH is 1. The van der Waals surface area contributed by atoms with Gasteiger partial charge >= 0.3 is 0 Å². The summed E-state index contributed by atoms with van der Waals surface area (Å²) in [6.07, 6.45) is 18.8. The van der Waals surface area contributed by atoms with Crippen LogP contribution < -0.4 is 16.4 Å². The van der Waals surface area contributed by atoms with Gasteiger partial charge < -0.3 is 26.2 Å². The number of nitrogens with one attached hydrogen (secondary N) is 2. The van der Waals surface area contributed by atoms with E-state index in [2.05, 4.69) is 42.4 Å². The van der Waals surface area contributed by atoms with Crippen molar-refractivity contribution < 1.29 is 9.84 Å². The Hall–Kier alpha value is -2.24. The minimum atomic E-state index is -1.04. The lowest BCUT2D eigenvalue weighted by molar-refractivity contribution is 0.145. The number of rotatable bonds is 7. The van der Waals surface area contributed by atoms with E-state index in [0.717, 1.165) is 67.5 Å². The molecule has 0 aromatic heterocycles. The third kappa shape index (κ3) is 5.16. The zero-order valence-electron chi connectivity index (χ0n) is 18.6. The van der Waals surface area contributed by atoms with Gasteiger partial charge in [0.15, 0.2) is 0 Å². The second-order valence-corrected chi connectivity index (χ2v) is 9.35. The first-order valence-corrected chi connectivity index (χ1v) is 11.8. The van der Waals surface area contributed by atoms with E-state index in [9.17, 15) is 5.11 Å². The number of allylic oxidation sites excluding steroid dienone is 8. The minimum absolute atomic E-state index is 0.111. The van der Waals surface area contributed by atoms with Crippen LogP contribution in [0.2, 0.25) is 0 Å². The molecule has 5 heteroatoms. The van der Waals surface area contributed by atoms with Crippen LogP contribution in [0.15, 0.2) is 71.5 Å². The quantitative estimate of drug-likeness (QED) is 0.366. The normalized spacial score (nSPS) is 31.6. The molecule has 0 aromatic rings. The second-order valence-electron chi connectivity index (χ2n) is 9.35. The summed E-state index contributed by atoms with van der Waals surface area (Å²) in [6, 6.07) is 0.448. The molecule has 3 aliphatic carbocycles. The molecule has 0 spiro atoms. The van der Waals surface area contributed by atoms with Crippen molar-refractivity contribution in [2.75, 3.05) is 6.54 Å². The Morgan fingerprint density at radius 2 is 2.13 bits per heavy atom. The molecule has 0 bridgehead atoms. The molecule has 3 unspecified atom stereocenters. The van der Waals surface area contributed by atoms with Crippen molar-refractivity contribution in [2.45, 2.75) is 64.1 Å². The second kappa shape index (κ2) is 9.92. The third-order valence-corrected chi connectivity index (χ3v) is 7.00. The first-order chi connectivity index (χ1) is 15.0. The Morgan fingerprint density at radius 3 is 2.74 bits per heavy atom. The van der Waals surface area contributed by atoms with Crippen LogP contribution in [0.3, 0.4) is 0 Å². The summed E-state index contributed by atoms with van der Waals surface area (Å²) in [5, 5.41) is 17.6. The van der Waals surface area contributed by atoms with E-state index < -0.39 is 6.23 Å². The Bertz CT molecular complexity index is 828. The number of hydrogen-bond acceptors (Lipinski definition) is 5. The highest BCUT2D eigenvalue weighted by Crippen LogP contribution is 2.38. The molecule has 168 valence electrons. The maximum Gasteiger partial charge on any atom is 0.129 e. The van der Waals surface area contributed by atoms with Crippen molar-refractivity contribution in [2.24, 2.45) is 23.5 Å². The summed E-state index contributed by atoms with van der Waals surface area (Å²) in [5.41, 5.74) is 8.06. The average molecular weight is 424 g/mol. The topological polar surface area (TPSA) is 79.5 Å². The fraction of sp³-hybridized carbons (Fsp3) is 0.538. The van der Waals surface area contributed by atoms with Crippen LogP contribution in [0.5, 0.6) is 0 Å². The summed E-state index contributed by atoms with van der Waals surface area (Å²) >= 11 is 0. The van der Waals surface area contributed by atoms with Gasteiger partial charge in [-0.3, -0.25) is 0 Å². The van der Waals surface area contributed by atoms with Crippen molar-refractivity contribution in [1.29, 1.82) is 0 Å². The summed E-state index contributed by atoms with van der Waals surface area (Å²) in [6.45, 7) is 7.29. The monoisotopic (exact) mass is 423 g/mol. The molecule has 5 nitrogen and oxygen atoms in total. The average Bonchev–Trinajstić information content (AvgIpc) is 2.76. The molecule has 4 rings (SSSR count). The first-order valence-electron chi connectivity index (χ1n) is 11.8. The Kier molecular flexibility index (Phi) is 7.03. The van der Waals surface area contributed by atoms with E-state index in [1.165, 1.54) is 18.4 Å². The van der Waals surface area contributed by atoms with Gasteiger partial charge in [-0.25, -0.2) is 0 Å².